The van der Waals surface area contributed by atoms with Gasteiger partial charge in [0.2, 0.25) is 5.91 Å². The van der Waals surface area contributed by atoms with Gasteiger partial charge in [0.25, 0.3) is 0 Å². The van der Waals surface area contributed by atoms with Crippen molar-refractivity contribution >= 4 is 12.0 Å². The minimum atomic E-state index is -0.445. The highest BCUT2D eigenvalue weighted by Gasteiger charge is 2.26. The number of piperidine rings is 1. The van der Waals surface area contributed by atoms with Gasteiger partial charge >= 0.3 is 6.09 Å². The number of likely N-dealkylation sites (tertiary alicyclic amines) is 1. The summed E-state index contributed by atoms with van der Waals surface area (Å²) in [4.78, 5) is 25.2. The maximum atomic E-state index is 11.9. The number of amides is 2. The van der Waals surface area contributed by atoms with Gasteiger partial charge < -0.3 is 15.0 Å². The minimum Gasteiger partial charge on any atom is -0.444 e. The molecule has 0 bridgehead atoms. The van der Waals surface area contributed by atoms with Crippen molar-refractivity contribution in [3.05, 3.63) is 0 Å². The van der Waals surface area contributed by atoms with E-state index in [1.165, 1.54) is 0 Å². The normalized spacial score (nSPS) is 17.2. The van der Waals surface area contributed by atoms with Crippen LogP contribution in [0.5, 0.6) is 0 Å². The van der Waals surface area contributed by atoms with E-state index in [0.29, 0.717) is 25.6 Å². The Bertz CT molecular complexity index is 340. The Balaban J connectivity index is 2.30. The van der Waals surface area contributed by atoms with Crippen LogP contribution in [0.1, 0.15) is 47.5 Å². The van der Waals surface area contributed by atoms with Gasteiger partial charge in [-0.3, -0.25) is 4.79 Å². The van der Waals surface area contributed by atoms with Crippen molar-refractivity contribution < 1.29 is 14.3 Å². The fraction of sp³-hybridized carbons (Fsp3) is 0.867. The number of rotatable bonds is 3. The van der Waals surface area contributed by atoms with Crippen LogP contribution >= 0.6 is 0 Å². The average molecular weight is 284 g/mol. The number of nitrogens with one attached hydrogen (secondary N) is 1. The average Bonchev–Trinajstić information content (AvgIpc) is 2.34. The van der Waals surface area contributed by atoms with Crippen LogP contribution in [0.2, 0.25) is 0 Å². The summed E-state index contributed by atoms with van der Waals surface area (Å²) in [5.41, 5.74) is -0.445. The number of ether oxygens (including phenoxy) is 1. The molecular weight excluding hydrogens is 256 g/mol. The number of hydrogen-bond acceptors (Lipinski definition) is 3. The van der Waals surface area contributed by atoms with Gasteiger partial charge in [0.15, 0.2) is 0 Å². The van der Waals surface area contributed by atoms with Gasteiger partial charge in [-0.25, -0.2) is 4.79 Å². The fourth-order valence-electron chi connectivity index (χ4n) is 2.10. The molecular formula is C15H28N2O3. The molecule has 0 aromatic rings. The van der Waals surface area contributed by atoms with E-state index in [1.807, 2.05) is 34.6 Å². The zero-order valence-corrected chi connectivity index (χ0v) is 13.4. The van der Waals surface area contributed by atoms with Crippen LogP contribution in [0.4, 0.5) is 4.79 Å². The summed E-state index contributed by atoms with van der Waals surface area (Å²) < 4.78 is 5.36. The maximum absolute atomic E-state index is 11.9. The van der Waals surface area contributed by atoms with Crippen LogP contribution in [-0.2, 0) is 9.53 Å². The zero-order valence-electron chi connectivity index (χ0n) is 13.4. The quantitative estimate of drug-likeness (QED) is 0.865. The second-order valence-electron chi connectivity index (χ2n) is 6.81. The van der Waals surface area contributed by atoms with Crippen molar-refractivity contribution in [2.24, 2.45) is 11.8 Å². The zero-order chi connectivity index (χ0) is 15.3. The molecule has 1 saturated heterocycles. The lowest BCUT2D eigenvalue weighted by molar-refractivity contribution is -0.124. The van der Waals surface area contributed by atoms with Crippen molar-refractivity contribution in [1.29, 1.82) is 0 Å². The molecule has 0 unspecified atom stereocenters. The summed E-state index contributed by atoms with van der Waals surface area (Å²) in [5.74, 6) is 0.577. The lowest BCUT2D eigenvalue weighted by Crippen LogP contribution is -2.44. The van der Waals surface area contributed by atoms with E-state index in [-0.39, 0.29) is 17.9 Å². The summed E-state index contributed by atoms with van der Waals surface area (Å²) in [6.07, 6.45) is 1.59. The minimum absolute atomic E-state index is 0.0249. The number of nitrogens with zero attached hydrogens (tertiary/aromatic N) is 1. The lowest BCUT2D eigenvalue weighted by Gasteiger charge is -2.33. The highest BCUT2D eigenvalue weighted by Crippen LogP contribution is 2.19. The van der Waals surface area contributed by atoms with Gasteiger partial charge in [-0.05, 0) is 39.5 Å². The van der Waals surface area contributed by atoms with Crippen LogP contribution in [-0.4, -0.2) is 42.1 Å². The van der Waals surface area contributed by atoms with Crippen molar-refractivity contribution in [1.82, 2.24) is 10.2 Å². The lowest BCUT2D eigenvalue weighted by atomic mass is 9.97. The molecule has 5 nitrogen and oxygen atoms in total. The Kier molecular flexibility index (Phi) is 5.84. The predicted molar refractivity (Wildman–Crippen MR) is 78.4 cm³/mol. The molecule has 0 radical (unpaired) electrons. The second-order valence-corrected chi connectivity index (χ2v) is 6.81. The predicted octanol–water partition coefficient (Wildman–Crippen LogP) is 2.41. The van der Waals surface area contributed by atoms with Crippen molar-refractivity contribution in [3.63, 3.8) is 0 Å². The van der Waals surface area contributed by atoms with Crippen molar-refractivity contribution in [3.8, 4) is 0 Å². The Labute approximate surface area is 122 Å². The first-order valence-electron chi connectivity index (χ1n) is 7.44. The Morgan fingerprint density at radius 1 is 1.25 bits per heavy atom. The molecule has 0 atom stereocenters. The third kappa shape index (κ3) is 5.80. The number of carbonyl (C=O) groups excluding carboxylic acids is 2. The summed E-state index contributed by atoms with van der Waals surface area (Å²) in [6.45, 7) is 11.5. The van der Waals surface area contributed by atoms with Crippen LogP contribution < -0.4 is 5.32 Å². The SMILES string of the molecule is CC(C)C(=O)NCC1CCN(C(=O)OC(C)(C)C)CC1. The first-order chi connectivity index (χ1) is 9.19. The molecule has 1 aliphatic rings. The summed E-state index contributed by atoms with van der Waals surface area (Å²) in [7, 11) is 0. The smallest absolute Gasteiger partial charge is 0.410 e. The van der Waals surface area contributed by atoms with E-state index in [1.54, 1.807) is 4.90 Å². The largest absolute Gasteiger partial charge is 0.444 e. The maximum Gasteiger partial charge on any atom is 0.410 e. The highest BCUT2D eigenvalue weighted by atomic mass is 16.6. The van der Waals surface area contributed by atoms with Crippen LogP contribution in [0, 0.1) is 11.8 Å². The second kappa shape index (κ2) is 6.95. The summed E-state index contributed by atoms with van der Waals surface area (Å²) in [6, 6.07) is 0. The topological polar surface area (TPSA) is 58.6 Å². The van der Waals surface area contributed by atoms with Gasteiger partial charge in [-0.2, -0.15) is 0 Å². The number of carbonyl (C=O) groups is 2. The summed E-state index contributed by atoms with van der Waals surface area (Å²) in [5, 5.41) is 2.96. The molecule has 1 heterocycles. The molecule has 1 rings (SSSR count). The molecule has 5 heteroatoms. The standard InChI is InChI=1S/C15H28N2O3/c1-11(2)13(18)16-10-12-6-8-17(9-7-12)14(19)20-15(3,4)5/h11-12H,6-10H2,1-5H3,(H,16,18). The molecule has 0 spiro atoms. The molecule has 0 aliphatic carbocycles. The molecule has 2 amide bonds. The molecule has 20 heavy (non-hydrogen) atoms. The molecule has 116 valence electrons. The molecule has 1 aliphatic heterocycles. The Morgan fingerprint density at radius 2 is 1.80 bits per heavy atom. The first kappa shape index (κ1) is 16.8. The van der Waals surface area contributed by atoms with Crippen molar-refractivity contribution in [2.45, 2.75) is 53.1 Å². The summed E-state index contributed by atoms with van der Waals surface area (Å²) >= 11 is 0. The van der Waals surface area contributed by atoms with Gasteiger partial charge in [0, 0.05) is 25.6 Å². The van der Waals surface area contributed by atoms with Crippen LogP contribution in [0.15, 0.2) is 0 Å². The molecule has 1 N–H and O–H groups in total. The van der Waals surface area contributed by atoms with E-state index in [9.17, 15) is 9.59 Å². The monoisotopic (exact) mass is 284 g/mol. The van der Waals surface area contributed by atoms with Gasteiger partial charge in [-0.1, -0.05) is 13.8 Å². The van der Waals surface area contributed by atoms with E-state index in [4.69, 9.17) is 4.74 Å². The highest BCUT2D eigenvalue weighted by molar-refractivity contribution is 5.77. The van der Waals surface area contributed by atoms with Crippen molar-refractivity contribution in [2.75, 3.05) is 19.6 Å². The third-order valence-electron chi connectivity index (χ3n) is 3.36. The third-order valence-corrected chi connectivity index (χ3v) is 3.36. The van der Waals surface area contributed by atoms with E-state index >= 15 is 0 Å². The van der Waals surface area contributed by atoms with Crippen LogP contribution in [0.25, 0.3) is 0 Å². The first-order valence-corrected chi connectivity index (χ1v) is 7.44. The fourth-order valence-corrected chi connectivity index (χ4v) is 2.10. The van der Waals surface area contributed by atoms with Gasteiger partial charge in [0.05, 0.1) is 0 Å². The van der Waals surface area contributed by atoms with E-state index < -0.39 is 5.60 Å². The van der Waals surface area contributed by atoms with E-state index in [2.05, 4.69) is 5.32 Å². The molecule has 1 fully saturated rings. The number of hydrogen-bond donors (Lipinski definition) is 1. The molecule has 0 aromatic carbocycles. The Morgan fingerprint density at radius 3 is 2.25 bits per heavy atom. The van der Waals surface area contributed by atoms with E-state index in [0.717, 1.165) is 12.8 Å². The van der Waals surface area contributed by atoms with Gasteiger partial charge in [0.1, 0.15) is 5.60 Å². The molecule has 0 saturated carbocycles. The van der Waals surface area contributed by atoms with Gasteiger partial charge in [-0.15, -0.1) is 0 Å². The van der Waals surface area contributed by atoms with Crippen LogP contribution in [0.3, 0.4) is 0 Å². The molecule has 0 aromatic heterocycles. The Hall–Kier alpha value is -1.26.